The fourth-order valence-corrected chi connectivity index (χ4v) is 7.61. The molecule has 0 aromatic heterocycles. The zero-order valence-electron chi connectivity index (χ0n) is 28.8. The van der Waals surface area contributed by atoms with Gasteiger partial charge < -0.3 is 24.4 Å². The summed E-state index contributed by atoms with van der Waals surface area (Å²) in [6.07, 6.45) is 22.3. The van der Waals surface area contributed by atoms with E-state index in [0.717, 1.165) is 16.7 Å². The van der Waals surface area contributed by atoms with E-state index in [9.17, 15) is 19.8 Å². The normalized spacial score (nSPS) is 34.9. The Hall–Kier alpha value is -3.48. The fourth-order valence-electron chi connectivity index (χ4n) is 7.61. The number of ether oxygens (including phenoxy) is 3. The number of epoxide rings is 1. The molecule has 0 spiro atoms. The Morgan fingerprint density at radius 3 is 2.22 bits per heavy atom. The molecule has 7 nitrogen and oxygen atoms in total. The number of carbonyl (C=O) groups is 2. The monoisotopic (exact) mass is 630 g/mol. The summed E-state index contributed by atoms with van der Waals surface area (Å²) >= 11 is 0. The molecule has 2 aliphatic heterocycles. The van der Waals surface area contributed by atoms with E-state index in [2.05, 4.69) is 19.6 Å². The van der Waals surface area contributed by atoms with Crippen molar-refractivity contribution >= 4 is 11.9 Å². The number of esters is 2. The molecule has 0 aromatic carbocycles. The van der Waals surface area contributed by atoms with Gasteiger partial charge >= 0.3 is 11.9 Å². The zero-order chi connectivity index (χ0) is 34.1. The van der Waals surface area contributed by atoms with Crippen LogP contribution in [-0.2, 0) is 23.8 Å². The summed E-state index contributed by atoms with van der Waals surface area (Å²) < 4.78 is 17.1. The lowest BCUT2D eigenvalue weighted by molar-refractivity contribution is -0.152. The van der Waals surface area contributed by atoms with Crippen molar-refractivity contribution < 1.29 is 34.0 Å². The van der Waals surface area contributed by atoms with Crippen LogP contribution >= 0.6 is 0 Å². The number of hydrogen-bond acceptors (Lipinski definition) is 7. The zero-order valence-corrected chi connectivity index (χ0v) is 28.8. The third kappa shape index (κ3) is 7.72. The van der Waals surface area contributed by atoms with Gasteiger partial charge in [0.15, 0.2) is 0 Å². The van der Waals surface area contributed by atoms with Crippen molar-refractivity contribution in [2.24, 2.45) is 10.8 Å². The molecule has 0 amide bonds. The van der Waals surface area contributed by atoms with E-state index in [1.54, 1.807) is 19.1 Å². The summed E-state index contributed by atoms with van der Waals surface area (Å²) in [5, 5.41) is 21.4. The number of rotatable bonds is 8. The second-order valence-electron chi connectivity index (χ2n) is 14.9. The number of aliphatic hydroxyl groups excluding tert-OH is 1. The van der Waals surface area contributed by atoms with Crippen molar-refractivity contribution in [3.63, 3.8) is 0 Å². The number of carbonyl (C=O) groups excluding carboxylic acids is 2. The minimum Gasteiger partial charge on any atom is -0.462 e. The summed E-state index contributed by atoms with van der Waals surface area (Å²) in [6, 6.07) is 0. The Morgan fingerprint density at radius 1 is 0.957 bits per heavy atom. The van der Waals surface area contributed by atoms with Gasteiger partial charge in [-0.15, -0.1) is 5.73 Å². The van der Waals surface area contributed by atoms with Crippen molar-refractivity contribution in [1.82, 2.24) is 0 Å². The van der Waals surface area contributed by atoms with Crippen molar-refractivity contribution in [2.75, 3.05) is 0 Å². The minimum absolute atomic E-state index is 0.256. The molecule has 7 heteroatoms. The van der Waals surface area contributed by atoms with Crippen LogP contribution in [0.4, 0.5) is 0 Å². The Morgan fingerprint density at radius 2 is 1.61 bits per heavy atom. The Bertz CT molecular complexity index is 1510. The molecule has 4 aliphatic rings. The maximum atomic E-state index is 12.5. The SMILES string of the molecule is CC(=O)OC1CC(C)(C)C(=C=C/C(C)=C/C=C/C=C/C=C(C)\C=C2C=C(/C=C/C34OC3(C)CC(O)CC4(C)C)C(=O)O\2)C(C)(O)C1. The average Bonchev–Trinajstić information content (AvgIpc) is 3.36. The highest BCUT2D eigenvalue weighted by Gasteiger charge is 2.74. The van der Waals surface area contributed by atoms with E-state index in [0.29, 0.717) is 37.0 Å². The van der Waals surface area contributed by atoms with Crippen molar-refractivity contribution in [1.29, 1.82) is 0 Å². The largest absolute Gasteiger partial charge is 0.462 e. The van der Waals surface area contributed by atoms with E-state index >= 15 is 0 Å². The van der Waals surface area contributed by atoms with Crippen LogP contribution in [-0.4, -0.2) is 51.2 Å². The predicted octanol–water partition coefficient (Wildman–Crippen LogP) is 7.21. The van der Waals surface area contributed by atoms with Gasteiger partial charge in [0.05, 0.1) is 17.3 Å². The molecule has 46 heavy (non-hydrogen) atoms. The van der Waals surface area contributed by atoms with Crippen LogP contribution in [0.3, 0.4) is 0 Å². The van der Waals surface area contributed by atoms with Gasteiger partial charge in [-0.1, -0.05) is 64.2 Å². The van der Waals surface area contributed by atoms with Crippen LogP contribution in [0.1, 0.15) is 88.0 Å². The van der Waals surface area contributed by atoms with Gasteiger partial charge in [0.2, 0.25) is 0 Å². The van der Waals surface area contributed by atoms with Gasteiger partial charge in [-0.2, -0.15) is 0 Å². The second kappa shape index (κ2) is 13.0. The highest BCUT2D eigenvalue weighted by Crippen LogP contribution is 2.66. The number of fused-ring (bicyclic) bond motifs is 1. The molecule has 4 rings (SSSR count). The quantitative estimate of drug-likeness (QED) is 0.126. The molecule has 2 saturated carbocycles. The van der Waals surface area contributed by atoms with Gasteiger partial charge in [-0.05, 0) is 87.5 Å². The molecule has 3 fully saturated rings. The second-order valence-corrected chi connectivity index (χ2v) is 14.9. The van der Waals surface area contributed by atoms with Crippen molar-refractivity contribution in [3.05, 3.63) is 101 Å². The molecule has 2 N–H and O–H groups in total. The number of hydrogen-bond donors (Lipinski definition) is 2. The molecule has 0 aromatic rings. The summed E-state index contributed by atoms with van der Waals surface area (Å²) in [5.41, 5.74) is 3.82. The first-order valence-corrected chi connectivity index (χ1v) is 16.1. The Labute approximate surface area is 274 Å². The maximum Gasteiger partial charge on any atom is 0.343 e. The van der Waals surface area contributed by atoms with Crippen LogP contribution < -0.4 is 0 Å². The smallest absolute Gasteiger partial charge is 0.343 e. The van der Waals surface area contributed by atoms with E-state index in [4.69, 9.17) is 14.2 Å². The first-order chi connectivity index (χ1) is 21.3. The summed E-state index contributed by atoms with van der Waals surface area (Å²) in [7, 11) is 0. The fraction of sp³-hybridized carbons (Fsp3) is 0.513. The lowest BCUT2D eigenvalue weighted by atomic mass is 9.63. The highest BCUT2D eigenvalue weighted by molar-refractivity contribution is 5.95. The molecule has 2 aliphatic carbocycles. The van der Waals surface area contributed by atoms with Gasteiger partial charge in [-0.25, -0.2) is 4.79 Å². The minimum atomic E-state index is -1.12. The lowest BCUT2D eigenvalue weighted by Crippen LogP contribution is -2.46. The summed E-state index contributed by atoms with van der Waals surface area (Å²) in [4.78, 5) is 24.0. The highest BCUT2D eigenvalue weighted by atomic mass is 16.6. The standard InChI is InChI=1S/C39H50O7/c1-26(16-17-33-35(4,5)24-32(44-28(3)40)25-37(33,8)43)14-12-10-11-13-15-27(2)20-31-21-29(34(42)45-31)18-19-39-36(6,7)22-30(41)23-38(39,9)46-39/h10-16,18-21,30,32,41,43H,22-25H2,1-9H3/b12-10+,13-11+,19-18+,26-14+,27-15-,31-20-. The van der Waals surface area contributed by atoms with E-state index in [-0.39, 0.29) is 29.0 Å². The first-order valence-electron chi connectivity index (χ1n) is 16.1. The Kier molecular flexibility index (Phi) is 9.97. The number of cyclic esters (lactones) is 1. The molecule has 1 saturated heterocycles. The molecule has 0 radical (unpaired) electrons. The van der Waals surface area contributed by atoms with Gasteiger partial charge in [0.1, 0.15) is 23.1 Å². The van der Waals surface area contributed by atoms with E-state index < -0.39 is 22.8 Å². The van der Waals surface area contributed by atoms with E-state index in [1.165, 1.54) is 6.92 Å². The van der Waals surface area contributed by atoms with Crippen molar-refractivity contribution in [2.45, 2.75) is 117 Å². The number of aliphatic hydroxyl groups is 2. The van der Waals surface area contributed by atoms with Gasteiger partial charge in [0, 0.05) is 30.8 Å². The molecule has 248 valence electrons. The predicted molar refractivity (Wildman–Crippen MR) is 179 cm³/mol. The Balaban J connectivity index is 1.35. The third-order valence-electron chi connectivity index (χ3n) is 9.53. The van der Waals surface area contributed by atoms with Crippen LogP contribution in [0.25, 0.3) is 0 Å². The van der Waals surface area contributed by atoms with Crippen LogP contribution in [0, 0.1) is 10.8 Å². The number of allylic oxidation sites excluding steroid dienone is 10. The molecular weight excluding hydrogens is 580 g/mol. The summed E-state index contributed by atoms with van der Waals surface area (Å²) in [5.74, 6) is -0.242. The molecule has 2 heterocycles. The molecule has 0 bridgehead atoms. The van der Waals surface area contributed by atoms with Gasteiger partial charge in [0.25, 0.3) is 0 Å². The summed E-state index contributed by atoms with van der Waals surface area (Å²) in [6.45, 7) is 17.3. The average molecular weight is 631 g/mol. The van der Waals surface area contributed by atoms with Crippen LogP contribution in [0.2, 0.25) is 0 Å². The molecular formula is C39H50O7. The van der Waals surface area contributed by atoms with Gasteiger partial charge in [-0.3, -0.25) is 4.79 Å². The molecule has 5 unspecified atom stereocenters. The van der Waals surface area contributed by atoms with Crippen LogP contribution in [0.5, 0.6) is 0 Å². The lowest BCUT2D eigenvalue weighted by Gasteiger charge is -2.44. The van der Waals surface area contributed by atoms with E-state index in [1.807, 2.05) is 89.3 Å². The third-order valence-corrected chi connectivity index (χ3v) is 9.53. The maximum absolute atomic E-state index is 12.5. The first kappa shape index (κ1) is 35.4. The molecule has 5 atom stereocenters. The topological polar surface area (TPSA) is 106 Å². The van der Waals surface area contributed by atoms with Crippen LogP contribution in [0.15, 0.2) is 101 Å². The van der Waals surface area contributed by atoms with Crippen molar-refractivity contribution in [3.8, 4) is 0 Å².